The van der Waals surface area contributed by atoms with Crippen LogP contribution in [0, 0.1) is 3.57 Å². The second kappa shape index (κ2) is 6.74. The molecule has 0 atom stereocenters. The largest absolute Gasteiger partial charge is 0.342 e. The third-order valence-corrected chi connectivity index (χ3v) is 5.18. The Morgan fingerprint density at radius 1 is 1.32 bits per heavy atom. The lowest BCUT2D eigenvalue weighted by atomic mass is 10.2. The third kappa shape index (κ3) is 3.46. The van der Waals surface area contributed by atoms with E-state index in [1.165, 1.54) is 11.3 Å². The van der Waals surface area contributed by atoms with Crippen LogP contribution in [0.1, 0.15) is 22.5 Å². The molecule has 0 radical (unpaired) electrons. The molecule has 22 heavy (non-hydrogen) atoms. The number of carbonyl (C=O) groups excluding carboxylic acids is 2. The Labute approximate surface area is 145 Å². The average Bonchev–Trinajstić information content (AvgIpc) is 2.84. The summed E-state index contributed by atoms with van der Waals surface area (Å²) in [4.78, 5) is 30.2. The Hall–Kier alpha value is -1.48. The van der Waals surface area contributed by atoms with E-state index in [-0.39, 0.29) is 11.8 Å². The van der Waals surface area contributed by atoms with Crippen LogP contribution in [-0.2, 0) is 11.2 Å². The van der Waals surface area contributed by atoms with E-state index in [2.05, 4.69) is 32.9 Å². The Bertz CT molecular complexity index is 712. The summed E-state index contributed by atoms with van der Waals surface area (Å²) in [6, 6.07) is 7.38. The Morgan fingerprint density at radius 2 is 2.09 bits per heavy atom. The second-order valence-electron chi connectivity index (χ2n) is 4.99. The number of amides is 2. The lowest BCUT2D eigenvalue weighted by molar-refractivity contribution is -0.133. The van der Waals surface area contributed by atoms with Crippen LogP contribution in [0.15, 0.2) is 29.6 Å². The van der Waals surface area contributed by atoms with E-state index in [1.54, 1.807) is 6.07 Å². The molecule has 2 amide bonds. The number of carbonyl (C=O) groups is 2. The van der Waals surface area contributed by atoms with E-state index in [9.17, 15) is 9.59 Å². The van der Waals surface area contributed by atoms with Gasteiger partial charge in [-0.2, -0.15) is 0 Å². The average molecular weight is 427 g/mol. The summed E-state index contributed by atoms with van der Waals surface area (Å²) in [7, 11) is 0. The molecule has 0 spiro atoms. The zero-order valence-electron chi connectivity index (χ0n) is 11.7. The standard InChI is InChI=1S/C15H14IN3O2S/c16-12-5-2-1-4-11(12)14(21)18-15-17-10(9-22-15)8-13(20)19-6-3-7-19/h1-2,4-5,9H,3,6-8H2,(H,17,18,21). The minimum absolute atomic E-state index is 0.104. The number of nitrogens with zero attached hydrogens (tertiary/aromatic N) is 2. The highest BCUT2D eigenvalue weighted by Crippen LogP contribution is 2.19. The summed E-state index contributed by atoms with van der Waals surface area (Å²) < 4.78 is 0.891. The molecule has 1 aliphatic heterocycles. The predicted octanol–water partition coefficient (Wildman–Crippen LogP) is 2.77. The van der Waals surface area contributed by atoms with Crippen molar-refractivity contribution in [3.05, 3.63) is 44.5 Å². The first-order valence-corrected chi connectivity index (χ1v) is 8.87. The summed E-state index contributed by atoms with van der Waals surface area (Å²) in [5, 5.41) is 5.14. The highest BCUT2D eigenvalue weighted by molar-refractivity contribution is 14.1. The van der Waals surface area contributed by atoms with Crippen molar-refractivity contribution in [1.82, 2.24) is 9.88 Å². The lowest BCUT2D eigenvalue weighted by Crippen LogP contribution is -2.42. The molecule has 0 bridgehead atoms. The van der Waals surface area contributed by atoms with Gasteiger partial charge in [0.05, 0.1) is 17.7 Å². The fourth-order valence-electron chi connectivity index (χ4n) is 2.09. The number of benzene rings is 1. The summed E-state index contributed by atoms with van der Waals surface area (Å²) >= 11 is 3.47. The van der Waals surface area contributed by atoms with Crippen LogP contribution in [0.2, 0.25) is 0 Å². The fourth-order valence-corrected chi connectivity index (χ4v) is 3.43. The van der Waals surface area contributed by atoms with Gasteiger partial charge < -0.3 is 4.90 Å². The number of hydrogen-bond acceptors (Lipinski definition) is 4. The van der Waals surface area contributed by atoms with E-state index < -0.39 is 0 Å². The number of rotatable bonds is 4. The van der Waals surface area contributed by atoms with Crippen molar-refractivity contribution < 1.29 is 9.59 Å². The van der Waals surface area contributed by atoms with Gasteiger partial charge in [-0.15, -0.1) is 11.3 Å². The van der Waals surface area contributed by atoms with Crippen LogP contribution >= 0.6 is 33.9 Å². The first-order valence-electron chi connectivity index (χ1n) is 6.91. The van der Waals surface area contributed by atoms with Gasteiger partial charge in [-0.25, -0.2) is 4.98 Å². The summed E-state index contributed by atoms with van der Waals surface area (Å²) in [6.45, 7) is 1.69. The van der Waals surface area contributed by atoms with E-state index in [1.807, 2.05) is 28.5 Å². The molecule has 1 N–H and O–H groups in total. The Balaban J connectivity index is 1.63. The SMILES string of the molecule is O=C(Nc1nc(CC(=O)N2CCC2)cs1)c1ccccc1I. The molecular weight excluding hydrogens is 413 g/mol. The van der Waals surface area contributed by atoms with Gasteiger partial charge in [-0.1, -0.05) is 12.1 Å². The van der Waals surface area contributed by atoms with Crippen molar-refractivity contribution in [3.63, 3.8) is 0 Å². The number of thiazole rings is 1. The number of anilines is 1. The minimum Gasteiger partial charge on any atom is -0.342 e. The van der Waals surface area contributed by atoms with Gasteiger partial charge in [0.2, 0.25) is 5.91 Å². The molecule has 1 aliphatic rings. The van der Waals surface area contributed by atoms with Gasteiger partial charge in [0.25, 0.3) is 5.91 Å². The van der Waals surface area contributed by atoms with Crippen molar-refractivity contribution in [3.8, 4) is 0 Å². The molecule has 114 valence electrons. The molecule has 2 heterocycles. The topological polar surface area (TPSA) is 62.3 Å². The van der Waals surface area contributed by atoms with E-state index in [4.69, 9.17) is 0 Å². The molecule has 0 aliphatic carbocycles. The van der Waals surface area contributed by atoms with Crippen LogP contribution in [0.25, 0.3) is 0 Å². The molecule has 1 aromatic heterocycles. The minimum atomic E-state index is -0.181. The Morgan fingerprint density at radius 3 is 2.77 bits per heavy atom. The monoisotopic (exact) mass is 427 g/mol. The van der Waals surface area contributed by atoms with Crippen molar-refractivity contribution in [2.24, 2.45) is 0 Å². The predicted molar refractivity (Wildman–Crippen MR) is 94.1 cm³/mol. The van der Waals surface area contributed by atoms with Crippen LogP contribution in [0.4, 0.5) is 5.13 Å². The van der Waals surface area contributed by atoms with Gasteiger partial charge in [-0.3, -0.25) is 14.9 Å². The zero-order chi connectivity index (χ0) is 15.5. The Kier molecular flexibility index (Phi) is 4.72. The molecule has 5 nitrogen and oxygen atoms in total. The van der Waals surface area contributed by atoms with E-state index >= 15 is 0 Å². The van der Waals surface area contributed by atoms with Crippen molar-refractivity contribution in [2.75, 3.05) is 18.4 Å². The lowest BCUT2D eigenvalue weighted by Gasteiger charge is -2.30. The van der Waals surface area contributed by atoms with Crippen LogP contribution in [-0.4, -0.2) is 34.8 Å². The van der Waals surface area contributed by atoms with Gasteiger partial charge in [-0.05, 0) is 41.1 Å². The normalized spacial score (nSPS) is 13.6. The quantitative estimate of drug-likeness (QED) is 0.764. The zero-order valence-corrected chi connectivity index (χ0v) is 14.7. The number of likely N-dealkylation sites (tertiary alicyclic amines) is 1. The summed E-state index contributed by atoms with van der Waals surface area (Å²) in [6.07, 6.45) is 1.38. The molecule has 1 aromatic carbocycles. The molecule has 0 saturated carbocycles. The van der Waals surface area contributed by atoms with Gasteiger partial charge in [0.15, 0.2) is 5.13 Å². The first kappa shape index (κ1) is 15.4. The summed E-state index contributed by atoms with van der Waals surface area (Å²) in [5.41, 5.74) is 1.33. The first-order chi connectivity index (χ1) is 10.6. The fraction of sp³-hybridized carbons (Fsp3) is 0.267. The van der Waals surface area contributed by atoms with Gasteiger partial charge in [0.1, 0.15) is 0 Å². The highest BCUT2D eigenvalue weighted by Gasteiger charge is 2.21. The van der Waals surface area contributed by atoms with Gasteiger partial charge in [0, 0.05) is 22.0 Å². The second-order valence-corrected chi connectivity index (χ2v) is 7.01. The maximum atomic E-state index is 12.2. The van der Waals surface area contributed by atoms with Crippen LogP contribution in [0.3, 0.4) is 0 Å². The molecule has 1 fully saturated rings. The number of nitrogens with one attached hydrogen (secondary N) is 1. The molecule has 2 aromatic rings. The van der Waals surface area contributed by atoms with Crippen LogP contribution in [0.5, 0.6) is 0 Å². The van der Waals surface area contributed by atoms with Crippen molar-refractivity contribution in [2.45, 2.75) is 12.8 Å². The smallest absolute Gasteiger partial charge is 0.258 e. The molecule has 0 unspecified atom stereocenters. The van der Waals surface area contributed by atoms with E-state index in [0.29, 0.717) is 22.8 Å². The molecule has 7 heteroatoms. The summed E-state index contributed by atoms with van der Waals surface area (Å²) in [5.74, 6) is -0.0768. The number of aromatic nitrogens is 1. The maximum Gasteiger partial charge on any atom is 0.258 e. The van der Waals surface area contributed by atoms with Crippen LogP contribution < -0.4 is 5.32 Å². The number of hydrogen-bond donors (Lipinski definition) is 1. The molecule has 1 saturated heterocycles. The van der Waals surface area contributed by atoms with Crippen molar-refractivity contribution >= 4 is 50.9 Å². The molecule has 3 rings (SSSR count). The van der Waals surface area contributed by atoms with E-state index in [0.717, 1.165) is 23.1 Å². The van der Waals surface area contributed by atoms with Crippen molar-refractivity contribution in [1.29, 1.82) is 0 Å². The maximum absolute atomic E-state index is 12.2. The third-order valence-electron chi connectivity index (χ3n) is 3.43. The molecular formula is C15H14IN3O2S. The number of halogens is 1. The highest BCUT2D eigenvalue weighted by atomic mass is 127. The van der Waals surface area contributed by atoms with Gasteiger partial charge >= 0.3 is 0 Å².